The standard InChI is InChI=1S/C25H32BrN3O2/c1-25(2,3)31-24(30)29-15-18-9-5-11-21(26)20(18)14-19(29)16-28(4)22-12-6-8-17-10-7-13-27-23(17)22/h5,7,9-11,13,19,22H,6,8,12,14-16H2,1-4H3/t19-,22?/m1/s1. The van der Waals surface area contributed by atoms with Crippen LogP contribution in [0.5, 0.6) is 0 Å². The third kappa shape index (κ3) is 4.96. The van der Waals surface area contributed by atoms with Gasteiger partial charge in [-0.2, -0.15) is 0 Å². The summed E-state index contributed by atoms with van der Waals surface area (Å²) in [4.78, 5) is 22.1. The number of aromatic nitrogens is 1. The summed E-state index contributed by atoms with van der Waals surface area (Å²) in [5.74, 6) is 0. The van der Waals surface area contributed by atoms with Crippen LogP contribution in [0.2, 0.25) is 0 Å². The normalized spacial score (nSPS) is 20.9. The fraction of sp³-hybridized carbons (Fsp3) is 0.520. The Morgan fingerprint density at radius 2 is 2.03 bits per heavy atom. The first-order chi connectivity index (χ1) is 14.7. The van der Waals surface area contributed by atoms with Gasteiger partial charge in [0.25, 0.3) is 0 Å². The number of nitrogens with zero attached hydrogens (tertiary/aromatic N) is 3. The van der Waals surface area contributed by atoms with Crippen LogP contribution in [-0.4, -0.2) is 46.1 Å². The van der Waals surface area contributed by atoms with Crippen molar-refractivity contribution in [2.45, 2.75) is 70.7 Å². The second kappa shape index (κ2) is 8.91. The molecule has 0 spiro atoms. The molecule has 1 amide bonds. The van der Waals surface area contributed by atoms with Crippen LogP contribution in [0.15, 0.2) is 41.0 Å². The number of aryl methyl sites for hydroxylation is 1. The zero-order valence-corrected chi connectivity index (χ0v) is 20.5. The Morgan fingerprint density at radius 3 is 2.81 bits per heavy atom. The second-order valence-electron chi connectivity index (χ2n) is 9.74. The Hall–Kier alpha value is -1.92. The smallest absolute Gasteiger partial charge is 0.410 e. The molecule has 31 heavy (non-hydrogen) atoms. The van der Waals surface area contributed by atoms with E-state index in [1.165, 1.54) is 28.8 Å². The summed E-state index contributed by atoms with van der Waals surface area (Å²) in [5.41, 5.74) is 4.51. The summed E-state index contributed by atoms with van der Waals surface area (Å²) < 4.78 is 6.90. The molecule has 6 heteroatoms. The largest absolute Gasteiger partial charge is 0.444 e. The van der Waals surface area contributed by atoms with Gasteiger partial charge in [0.2, 0.25) is 0 Å². The minimum absolute atomic E-state index is 0.0418. The lowest BCUT2D eigenvalue weighted by molar-refractivity contribution is 0.00639. The third-order valence-electron chi connectivity index (χ3n) is 6.26. The molecule has 0 N–H and O–H groups in total. The molecule has 0 fully saturated rings. The summed E-state index contributed by atoms with van der Waals surface area (Å²) in [6, 6.07) is 10.8. The van der Waals surface area contributed by atoms with E-state index in [1.54, 1.807) is 0 Å². The molecule has 166 valence electrons. The average Bonchev–Trinajstić information content (AvgIpc) is 2.72. The van der Waals surface area contributed by atoms with Crippen LogP contribution in [-0.2, 0) is 24.1 Å². The number of carbonyl (C=O) groups excluding carboxylic acids is 1. The molecule has 1 aromatic carbocycles. The van der Waals surface area contributed by atoms with E-state index in [4.69, 9.17) is 9.72 Å². The molecule has 0 saturated heterocycles. The van der Waals surface area contributed by atoms with Crippen LogP contribution in [0.3, 0.4) is 0 Å². The maximum atomic E-state index is 13.1. The number of amides is 1. The highest BCUT2D eigenvalue weighted by molar-refractivity contribution is 9.10. The molecule has 4 rings (SSSR count). The van der Waals surface area contributed by atoms with Gasteiger partial charge in [0.05, 0.1) is 17.8 Å². The molecule has 1 aromatic heterocycles. The van der Waals surface area contributed by atoms with Crippen LogP contribution in [0.25, 0.3) is 0 Å². The molecule has 2 aliphatic rings. The van der Waals surface area contributed by atoms with Gasteiger partial charge in [-0.05, 0) is 82.3 Å². The van der Waals surface area contributed by atoms with Crippen LogP contribution in [0.4, 0.5) is 4.79 Å². The molecule has 0 radical (unpaired) electrons. The summed E-state index contributed by atoms with van der Waals surface area (Å²) >= 11 is 3.72. The lowest BCUT2D eigenvalue weighted by Crippen LogP contribution is -2.51. The number of halogens is 1. The number of rotatable bonds is 3. The van der Waals surface area contributed by atoms with Gasteiger partial charge >= 0.3 is 6.09 Å². The van der Waals surface area contributed by atoms with Crippen molar-refractivity contribution in [3.63, 3.8) is 0 Å². The Labute approximate surface area is 193 Å². The fourth-order valence-electron chi connectivity index (χ4n) is 4.81. The first-order valence-corrected chi connectivity index (χ1v) is 11.9. The van der Waals surface area contributed by atoms with Gasteiger partial charge in [-0.25, -0.2) is 4.79 Å². The number of pyridine rings is 1. The van der Waals surface area contributed by atoms with E-state index in [9.17, 15) is 4.79 Å². The maximum Gasteiger partial charge on any atom is 0.410 e. The van der Waals surface area contributed by atoms with Crippen molar-refractivity contribution in [3.8, 4) is 0 Å². The molecule has 1 aliphatic carbocycles. The van der Waals surface area contributed by atoms with Crippen LogP contribution in [0, 0.1) is 0 Å². The van der Waals surface area contributed by atoms with Crippen LogP contribution >= 0.6 is 15.9 Å². The Morgan fingerprint density at radius 1 is 1.26 bits per heavy atom. The number of hydrogen-bond acceptors (Lipinski definition) is 4. The number of benzene rings is 1. The molecule has 2 heterocycles. The summed E-state index contributed by atoms with van der Waals surface area (Å²) in [6.07, 6.45) is 5.83. The van der Waals surface area contributed by atoms with E-state index in [0.717, 1.165) is 30.3 Å². The van der Waals surface area contributed by atoms with Gasteiger partial charge in [-0.15, -0.1) is 0 Å². The topological polar surface area (TPSA) is 45.7 Å². The lowest BCUT2D eigenvalue weighted by atomic mass is 9.89. The number of hydrogen-bond donors (Lipinski definition) is 0. The SMILES string of the molecule is CN(C[C@H]1Cc2c(Br)cccc2CN1C(=O)OC(C)(C)C)C1CCCc2cccnc21. The number of carbonyl (C=O) groups is 1. The van der Waals surface area contributed by atoms with E-state index >= 15 is 0 Å². The summed E-state index contributed by atoms with van der Waals surface area (Å²) in [6.45, 7) is 7.11. The van der Waals surface area contributed by atoms with Crippen molar-refractivity contribution in [1.82, 2.24) is 14.8 Å². The van der Waals surface area contributed by atoms with E-state index in [1.807, 2.05) is 44.0 Å². The molecule has 1 aliphatic heterocycles. The van der Waals surface area contributed by atoms with E-state index < -0.39 is 5.60 Å². The van der Waals surface area contributed by atoms with E-state index in [0.29, 0.717) is 6.54 Å². The average molecular weight is 486 g/mol. The van der Waals surface area contributed by atoms with Crippen molar-refractivity contribution in [3.05, 3.63) is 63.4 Å². The number of fused-ring (bicyclic) bond motifs is 2. The minimum Gasteiger partial charge on any atom is -0.444 e. The van der Waals surface area contributed by atoms with Crippen LogP contribution in [0.1, 0.15) is 62.0 Å². The Kier molecular flexibility index (Phi) is 6.40. The maximum absolute atomic E-state index is 13.1. The fourth-order valence-corrected chi connectivity index (χ4v) is 5.38. The minimum atomic E-state index is -0.517. The molecule has 0 bridgehead atoms. The molecule has 2 atom stereocenters. The van der Waals surface area contributed by atoms with Crippen molar-refractivity contribution < 1.29 is 9.53 Å². The Balaban J connectivity index is 1.59. The highest BCUT2D eigenvalue weighted by Crippen LogP contribution is 2.35. The van der Waals surface area contributed by atoms with E-state index in [-0.39, 0.29) is 18.2 Å². The van der Waals surface area contributed by atoms with Crippen molar-refractivity contribution in [2.75, 3.05) is 13.6 Å². The highest BCUT2D eigenvalue weighted by atomic mass is 79.9. The third-order valence-corrected chi connectivity index (χ3v) is 7.00. The van der Waals surface area contributed by atoms with Gasteiger partial charge < -0.3 is 4.74 Å². The molecule has 5 nitrogen and oxygen atoms in total. The number of likely N-dealkylation sites (N-methyl/N-ethyl adjacent to an activating group) is 1. The van der Waals surface area contributed by atoms with Crippen molar-refractivity contribution in [2.24, 2.45) is 0 Å². The van der Waals surface area contributed by atoms with Crippen LogP contribution < -0.4 is 0 Å². The predicted molar refractivity (Wildman–Crippen MR) is 126 cm³/mol. The van der Waals surface area contributed by atoms with E-state index in [2.05, 4.69) is 46.1 Å². The quantitative estimate of drug-likeness (QED) is 0.574. The predicted octanol–water partition coefficient (Wildman–Crippen LogP) is 5.52. The summed E-state index contributed by atoms with van der Waals surface area (Å²) in [5, 5.41) is 0. The van der Waals surface area contributed by atoms with Gasteiger partial charge in [0.15, 0.2) is 0 Å². The van der Waals surface area contributed by atoms with Gasteiger partial charge in [0.1, 0.15) is 5.60 Å². The first-order valence-electron chi connectivity index (χ1n) is 11.1. The lowest BCUT2D eigenvalue weighted by Gasteiger charge is -2.41. The van der Waals surface area contributed by atoms with Crippen molar-refractivity contribution in [1.29, 1.82) is 0 Å². The summed E-state index contributed by atoms with van der Waals surface area (Å²) in [7, 11) is 2.16. The first kappa shape index (κ1) is 22.3. The van der Waals surface area contributed by atoms with Crippen molar-refractivity contribution >= 4 is 22.0 Å². The van der Waals surface area contributed by atoms with Gasteiger partial charge in [0, 0.05) is 23.8 Å². The van der Waals surface area contributed by atoms with Gasteiger partial charge in [-0.3, -0.25) is 14.8 Å². The highest BCUT2D eigenvalue weighted by Gasteiger charge is 2.36. The molecule has 2 aromatic rings. The zero-order chi connectivity index (χ0) is 22.2. The Bertz CT molecular complexity index is 956. The monoisotopic (exact) mass is 485 g/mol. The molecular weight excluding hydrogens is 454 g/mol. The number of ether oxygens (including phenoxy) is 1. The molecule has 0 saturated carbocycles. The zero-order valence-electron chi connectivity index (χ0n) is 18.9. The van der Waals surface area contributed by atoms with Gasteiger partial charge in [-0.1, -0.05) is 34.1 Å². The molecular formula is C25H32BrN3O2. The second-order valence-corrected chi connectivity index (χ2v) is 10.6. The molecule has 1 unspecified atom stereocenters.